The van der Waals surface area contributed by atoms with Crippen LogP contribution in [-0.2, 0) is 9.53 Å². The van der Waals surface area contributed by atoms with Gasteiger partial charge in [0.2, 0.25) is 5.75 Å². The van der Waals surface area contributed by atoms with Crippen molar-refractivity contribution < 1.29 is 28.9 Å². The average molecular weight is 479 g/mol. The summed E-state index contributed by atoms with van der Waals surface area (Å²) in [6.45, 7) is 7.26. The molecule has 0 unspecified atom stereocenters. The number of nitrogens with zero attached hydrogens (tertiary/aromatic N) is 1. The lowest BCUT2D eigenvalue weighted by Crippen LogP contribution is -2.46. The van der Waals surface area contributed by atoms with Crippen LogP contribution in [0.25, 0.3) is 0 Å². The van der Waals surface area contributed by atoms with Gasteiger partial charge in [0, 0.05) is 12.0 Å². The molecule has 1 heterocycles. The molecule has 0 aliphatic carbocycles. The van der Waals surface area contributed by atoms with Crippen molar-refractivity contribution in [3.05, 3.63) is 93.9 Å². The number of carbonyl (C=O) groups excluding carboxylic acids is 2. The average Bonchev–Trinajstić information content (AvgIpc) is 2.81. The highest BCUT2D eigenvalue weighted by molar-refractivity contribution is 5.96. The second-order valence-electron chi connectivity index (χ2n) is 8.54. The number of methoxy groups -OCH3 is 1. The van der Waals surface area contributed by atoms with E-state index >= 15 is 0 Å². The molecule has 3 aromatic rings. The summed E-state index contributed by atoms with van der Waals surface area (Å²) in [6.07, 6.45) is 0.480. The number of esters is 1. The molecule has 0 radical (unpaired) electrons. The number of aromatic hydroxyl groups is 1. The summed E-state index contributed by atoms with van der Waals surface area (Å²) in [5, 5.41) is 24.6. The summed E-state index contributed by atoms with van der Waals surface area (Å²) in [7, 11) is 1.30. The number of amides is 1. The van der Waals surface area contributed by atoms with Crippen LogP contribution in [0.2, 0.25) is 0 Å². The maximum atomic E-state index is 12.9. The first-order chi connectivity index (χ1) is 16.6. The number of rotatable bonds is 8. The molecular formula is C27H30N2O6. The van der Waals surface area contributed by atoms with E-state index in [0.29, 0.717) is 0 Å². The van der Waals surface area contributed by atoms with Crippen LogP contribution in [0, 0.1) is 19.1 Å². The molecule has 0 aliphatic heterocycles. The van der Waals surface area contributed by atoms with E-state index in [9.17, 15) is 19.9 Å². The van der Waals surface area contributed by atoms with E-state index in [0.717, 1.165) is 28.5 Å². The minimum absolute atomic E-state index is 0.0369. The molecule has 2 N–H and O–H groups in total. The SMILES string of the molecule is COc1cc[n+]([O-])c(C(=O)N[C@@H](C)C(=O)O[C@@H](C)C(c2ccc(C)cc2)c2ccc(C)cc2)c1O. The highest BCUT2D eigenvalue weighted by atomic mass is 16.5. The molecule has 184 valence electrons. The van der Waals surface area contributed by atoms with Gasteiger partial charge in [-0.2, -0.15) is 4.73 Å². The molecule has 0 aliphatic rings. The normalized spacial score (nSPS) is 12.6. The smallest absolute Gasteiger partial charge is 0.328 e. The third-order valence-electron chi connectivity index (χ3n) is 5.82. The van der Waals surface area contributed by atoms with E-state index in [2.05, 4.69) is 5.32 Å². The van der Waals surface area contributed by atoms with Crippen molar-refractivity contribution in [1.29, 1.82) is 0 Å². The van der Waals surface area contributed by atoms with Crippen LogP contribution in [0.4, 0.5) is 0 Å². The molecule has 1 aromatic heterocycles. The molecule has 2 atom stereocenters. The second-order valence-corrected chi connectivity index (χ2v) is 8.54. The zero-order valence-electron chi connectivity index (χ0n) is 20.4. The highest BCUT2D eigenvalue weighted by Crippen LogP contribution is 2.31. The van der Waals surface area contributed by atoms with Gasteiger partial charge < -0.3 is 25.1 Å². The molecule has 0 bridgehead atoms. The van der Waals surface area contributed by atoms with Crippen LogP contribution in [0.1, 0.15) is 52.5 Å². The molecule has 0 saturated heterocycles. The number of carbonyl (C=O) groups is 2. The van der Waals surface area contributed by atoms with Gasteiger partial charge in [-0.15, -0.1) is 0 Å². The van der Waals surface area contributed by atoms with E-state index in [-0.39, 0.29) is 16.4 Å². The van der Waals surface area contributed by atoms with Gasteiger partial charge in [-0.1, -0.05) is 59.7 Å². The van der Waals surface area contributed by atoms with Crippen LogP contribution in [0.15, 0.2) is 60.8 Å². The van der Waals surface area contributed by atoms with Crippen LogP contribution in [0.3, 0.4) is 0 Å². The minimum Gasteiger partial charge on any atom is -0.618 e. The van der Waals surface area contributed by atoms with Crippen LogP contribution < -0.4 is 14.8 Å². The van der Waals surface area contributed by atoms with Crippen LogP contribution in [0.5, 0.6) is 11.5 Å². The lowest BCUT2D eigenvalue weighted by molar-refractivity contribution is -0.608. The second kappa shape index (κ2) is 10.9. The first kappa shape index (κ1) is 25.6. The Morgan fingerprint density at radius 3 is 1.94 bits per heavy atom. The molecule has 0 saturated carbocycles. The third kappa shape index (κ3) is 5.90. The van der Waals surface area contributed by atoms with Crippen LogP contribution >= 0.6 is 0 Å². The van der Waals surface area contributed by atoms with E-state index in [1.165, 1.54) is 20.1 Å². The number of benzene rings is 2. The van der Waals surface area contributed by atoms with Crippen molar-refractivity contribution in [3.8, 4) is 11.5 Å². The highest BCUT2D eigenvalue weighted by Gasteiger charge is 2.31. The molecule has 0 fully saturated rings. The molecule has 2 aromatic carbocycles. The Kier molecular flexibility index (Phi) is 7.96. The maximum Gasteiger partial charge on any atom is 0.328 e. The number of pyridine rings is 1. The van der Waals surface area contributed by atoms with Gasteiger partial charge in [0.25, 0.3) is 0 Å². The molecule has 8 nitrogen and oxygen atoms in total. The van der Waals surface area contributed by atoms with Crippen LogP contribution in [-0.4, -0.2) is 36.2 Å². The Morgan fingerprint density at radius 2 is 1.46 bits per heavy atom. The first-order valence-corrected chi connectivity index (χ1v) is 11.3. The summed E-state index contributed by atoms with van der Waals surface area (Å²) in [5.74, 6) is -2.48. The number of ether oxygens (including phenoxy) is 2. The van der Waals surface area contributed by atoms with Gasteiger partial charge in [0.05, 0.1) is 7.11 Å². The number of hydrogen-bond donors (Lipinski definition) is 2. The largest absolute Gasteiger partial charge is 0.618 e. The Morgan fingerprint density at radius 1 is 0.943 bits per heavy atom. The van der Waals surface area contributed by atoms with Gasteiger partial charge in [0.15, 0.2) is 11.9 Å². The van der Waals surface area contributed by atoms with Crippen molar-refractivity contribution in [2.24, 2.45) is 0 Å². The molecular weight excluding hydrogens is 448 g/mol. The standard InChI is InChI=1S/C27H30N2O6/c1-16-6-10-20(11-7-16)23(21-12-8-17(2)9-13-21)19(4)35-27(32)18(3)28-26(31)24-25(30)22(34-5)14-15-29(24)33/h6-15,18-19,23,30H,1-5H3,(H,28,31)/t18-,19-/m0/s1. The molecule has 1 amide bonds. The number of nitrogens with one attached hydrogen (secondary N) is 1. The molecule has 8 heteroatoms. The number of aryl methyl sites for hydroxylation is 2. The van der Waals surface area contributed by atoms with Gasteiger partial charge in [-0.05, 0) is 38.8 Å². The third-order valence-corrected chi connectivity index (χ3v) is 5.82. The van der Waals surface area contributed by atoms with Crippen molar-refractivity contribution in [3.63, 3.8) is 0 Å². The van der Waals surface area contributed by atoms with E-state index in [4.69, 9.17) is 9.47 Å². The van der Waals surface area contributed by atoms with Crippen molar-refractivity contribution in [1.82, 2.24) is 5.32 Å². The quantitative estimate of drug-likeness (QED) is 0.291. The Labute approximate surface area is 204 Å². The number of aromatic nitrogens is 1. The Balaban J connectivity index is 1.78. The van der Waals surface area contributed by atoms with E-state index in [1.807, 2.05) is 62.4 Å². The lowest BCUT2D eigenvalue weighted by Gasteiger charge is -2.26. The van der Waals surface area contributed by atoms with Gasteiger partial charge in [0.1, 0.15) is 12.1 Å². The Bertz CT molecular complexity index is 1150. The lowest BCUT2D eigenvalue weighted by atomic mass is 9.86. The fourth-order valence-corrected chi connectivity index (χ4v) is 3.84. The predicted octanol–water partition coefficient (Wildman–Crippen LogP) is 3.53. The minimum atomic E-state index is -1.08. The summed E-state index contributed by atoms with van der Waals surface area (Å²) in [6, 6.07) is 16.2. The first-order valence-electron chi connectivity index (χ1n) is 11.3. The summed E-state index contributed by atoms with van der Waals surface area (Å²) >= 11 is 0. The van der Waals surface area contributed by atoms with Crippen molar-refractivity contribution >= 4 is 11.9 Å². The van der Waals surface area contributed by atoms with E-state index in [1.54, 1.807) is 6.92 Å². The maximum absolute atomic E-state index is 12.9. The predicted molar refractivity (Wildman–Crippen MR) is 130 cm³/mol. The summed E-state index contributed by atoms with van der Waals surface area (Å²) < 4.78 is 10.9. The fraction of sp³-hybridized carbons (Fsp3) is 0.296. The molecule has 0 spiro atoms. The topological polar surface area (TPSA) is 112 Å². The van der Waals surface area contributed by atoms with Gasteiger partial charge in [-0.3, -0.25) is 4.79 Å². The Hall–Kier alpha value is -4.07. The van der Waals surface area contributed by atoms with E-state index < -0.39 is 35.5 Å². The molecule has 35 heavy (non-hydrogen) atoms. The zero-order valence-corrected chi connectivity index (χ0v) is 20.4. The monoisotopic (exact) mass is 478 g/mol. The number of hydrogen-bond acceptors (Lipinski definition) is 6. The van der Waals surface area contributed by atoms with Gasteiger partial charge >= 0.3 is 17.6 Å². The zero-order chi connectivity index (χ0) is 25.7. The van der Waals surface area contributed by atoms with Crippen molar-refractivity contribution in [2.45, 2.75) is 45.8 Å². The van der Waals surface area contributed by atoms with Crippen molar-refractivity contribution in [2.75, 3.05) is 7.11 Å². The fourth-order valence-electron chi connectivity index (χ4n) is 3.84. The summed E-state index contributed by atoms with van der Waals surface area (Å²) in [5.41, 5.74) is 3.65. The molecule has 3 rings (SSSR count). The summed E-state index contributed by atoms with van der Waals surface area (Å²) in [4.78, 5) is 25.5. The van der Waals surface area contributed by atoms with Gasteiger partial charge in [-0.25, -0.2) is 4.79 Å².